The summed E-state index contributed by atoms with van der Waals surface area (Å²) in [6.07, 6.45) is -0.149. The summed E-state index contributed by atoms with van der Waals surface area (Å²) in [5, 5.41) is 17.1. The summed E-state index contributed by atoms with van der Waals surface area (Å²) >= 11 is 0. The van der Waals surface area contributed by atoms with Gasteiger partial charge in [-0.3, -0.25) is 0 Å². The van der Waals surface area contributed by atoms with Gasteiger partial charge in [0.2, 0.25) is 0 Å². The number of hydrogen-bond acceptors (Lipinski definition) is 4. The lowest BCUT2D eigenvalue weighted by Gasteiger charge is -2.24. The topological polar surface area (TPSA) is 53.9 Å². The van der Waals surface area contributed by atoms with Crippen molar-refractivity contribution in [3.05, 3.63) is 12.2 Å². The number of allylic oxidation sites excluding steroid dienone is 1. The van der Waals surface area contributed by atoms with E-state index < -0.39 is 6.10 Å². The van der Waals surface area contributed by atoms with Gasteiger partial charge in [0.25, 0.3) is 0 Å². The molecule has 4 nitrogen and oxygen atoms in total. The van der Waals surface area contributed by atoms with Crippen molar-refractivity contribution in [1.82, 2.24) is 5.32 Å². The number of aliphatic hydroxyl groups is 1. The van der Waals surface area contributed by atoms with Crippen molar-refractivity contribution in [1.29, 1.82) is 0 Å². The van der Waals surface area contributed by atoms with Gasteiger partial charge >= 0.3 is 0 Å². The summed E-state index contributed by atoms with van der Waals surface area (Å²) in [6.45, 7) is 12.4. The lowest BCUT2D eigenvalue weighted by molar-refractivity contribution is -0.0181. The molecular weight excluding hydrogens is 204 g/mol. The number of aliphatic hydroxyl groups excluding tert-OH is 1. The van der Waals surface area contributed by atoms with Gasteiger partial charge in [0.05, 0.1) is 5.71 Å². The zero-order chi connectivity index (χ0) is 12.3. The van der Waals surface area contributed by atoms with Crippen LogP contribution in [0, 0.1) is 0 Å². The summed E-state index contributed by atoms with van der Waals surface area (Å²) in [7, 11) is 0. The molecule has 0 radical (unpaired) electrons. The van der Waals surface area contributed by atoms with Crippen LogP contribution in [0.4, 0.5) is 0 Å². The summed E-state index contributed by atoms with van der Waals surface area (Å²) in [6, 6.07) is 0. The molecule has 0 spiro atoms. The van der Waals surface area contributed by atoms with Crippen molar-refractivity contribution in [2.45, 2.75) is 51.9 Å². The van der Waals surface area contributed by atoms with Crippen molar-refractivity contribution < 1.29 is 9.94 Å². The second-order valence-electron chi connectivity index (χ2n) is 5.36. The molecule has 4 heteroatoms. The van der Waals surface area contributed by atoms with E-state index in [0.717, 1.165) is 11.3 Å². The standard InChI is InChI=1S/C12H22N2O2/c1-8(2)9-6-11(16-14-9)10(15)7-13-12(3,4)5/h10-11,13,15H,1,6-7H2,2-5H3/t10-,11-/m0/s1. The minimum Gasteiger partial charge on any atom is -0.389 e. The molecule has 2 N–H and O–H groups in total. The predicted molar refractivity (Wildman–Crippen MR) is 65.5 cm³/mol. The molecule has 2 atom stereocenters. The van der Waals surface area contributed by atoms with Gasteiger partial charge in [-0.1, -0.05) is 11.7 Å². The normalized spacial score (nSPS) is 22.6. The molecule has 1 heterocycles. The van der Waals surface area contributed by atoms with Crippen molar-refractivity contribution in [2.75, 3.05) is 6.54 Å². The molecule has 0 saturated carbocycles. The Kier molecular flexibility index (Phi) is 4.10. The molecule has 0 fully saturated rings. The number of hydrogen-bond donors (Lipinski definition) is 2. The first-order chi connectivity index (χ1) is 7.29. The number of nitrogens with zero attached hydrogens (tertiary/aromatic N) is 1. The third-order valence-electron chi connectivity index (χ3n) is 2.46. The first kappa shape index (κ1) is 13.2. The summed E-state index contributed by atoms with van der Waals surface area (Å²) in [4.78, 5) is 5.19. The quantitative estimate of drug-likeness (QED) is 0.763. The van der Waals surface area contributed by atoms with E-state index in [1.807, 2.05) is 6.92 Å². The van der Waals surface area contributed by atoms with Gasteiger partial charge in [-0.15, -0.1) is 0 Å². The largest absolute Gasteiger partial charge is 0.389 e. The van der Waals surface area contributed by atoms with Gasteiger partial charge < -0.3 is 15.3 Å². The summed E-state index contributed by atoms with van der Waals surface area (Å²) in [5.74, 6) is 0. The number of β-amino-alcohol motifs (C(OH)–C–C–N with tert-alkyl or cyclic N) is 1. The van der Waals surface area contributed by atoms with Crippen molar-refractivity contribution >= 4 is 5.71 Å². The van der Waals surface area contributed by atoms with Crippen molar-refractivity contribution in [2.24, 2.45) is 5.16 Å². The molecule has 0 aromatic carbocycles. The second-order valence-corrected chi connectivity index (χ2v) is 5.36. The van der Waals surface area contributed by atoms with Crippen LogP contribution in [-0.4, -0.2) is 35.1 Å². The average Bonchev–Trinajstić information content (AvgIpc) is 2.61. The van der Waals surface area contributed by atoms with E-state index in [0.29, 0.717) is 13.0 Å². The lowest BCUT2D eigenvalue weighted by Crippen LogP contribution is -2.44. The molecular formula is C12H22N2O2. The Bertz CT molecular complexity index is 292. The Morgan fingerprint density at radius 1 is 1.69 bits per heavy atom. The number of rotatable bonds is 4. The highest BCUT2D eigenvalue weighted by molar-refractivity contribution is 5.99. The molecule has 0 unspecified atom stereocenters. The van der Waals surface area contributed by atoms with E-state index >= 15 is 0 Å². The smallest absolute Gasteiger partial charge is 0.160 e. The highest BCUT2D eigenvalue weighted by Crippen LogP contribution is 2.17. The first-order valence-corrected chi connectivity index (χ1v) is 5.61. The van der Waals surface area contributed by atoms with Crippen molar-refractivity contribution in [3.8, 4) is 0 Å². The molecule has 0 aliphatic carbocycles. The van der Waals surface area contributed by atoms with Crippen LogP contribution in [0.5, 0.6) is 0 Å². The molecule has 0 aromatic rings. The highest BCUT2D eigenvalue weighted by Gasteiger charge is 2.29. The first-order valence-electron chi connectivity index (χ1n) is 5.61. The van der Waals surface area contributed by atoms with Crippen LogP contribution in [0.3, 0.4) is 0 Å². The molecule has 92 valence electrons. The summed E-state index contributed by atoms with van der Waals surface area (Å²) in [5.41, 5.74) is 1.75. The van der Waals surface area contributed by atoms with Gasteiger partial charge in [0, 0.05) is 18.5 Å². The van der Waals surface area contributed by atoms with Crippen molar-refractivity contribution in [3.63, 3.8) is 0 Å². The van der Waals surface area contributed by atoms with E-state index in [1.54, 1.807) is 0 Å². The maximum absolute atomic E-state index is 9.92. The molecule has 0 aromatic heterocycles. The fourth-order valence-corrected chi connectivity index (χ4v) is 1.40. The van der Waals surface area contributed by atoms with E-state index in [9.17, 15) is 5.11 Å². The fraction of sp³-hybridized carbons (Fsp3) is 0.750. The maximum atomic E-state index is 9.92. The van der Waals surface area contributed by atoms with Crippen LogP contribution in [0.1, 0.15) is 34.1 Å². The minimum absolute atomic E-state index is 0.00236. The van der Waals surface area contributed by atoms with Gasteiger partial charge in [0.1, 0.15) is 6.10 Å². The van der Waals surface area contributed by atoms with Gasteiger partial charge in [-0.25, -0.2) is 0 Å². The SMILES string of the molecule is C=C(C)C1=NO[C@H]([C@@H](O)CNC(C)(C)C)C1. The Hall–Kier alpha value is -0.870. The fourth-order valence-electron chi connectivity index (χ4n) is 1.40. The third-order valence-corrected chi connectivity index (χ3v) is 2.46. The Labute approximate surface area is 97.4 Å². The third kappa shape index (κ3) is 3.94. The monoisotopic (exact) mass is 226 g/mol. The number of oxime groups is 1. The van der Waals surface area contributed by atoms with Crippen LogP contribution in [0.2, 0.25) is 0 Å². The second kappa shape index (κ2) is 4.97. The molecule has 16 heavy (non-hydrogen) atoms. The minimum atomic E-state index is -0.542. The average molecular weight is 226 g/mol. The van der Waals surface area contributed by atoms with Gasteiger partial charge in [0.15, 0.2) is 6.10 Å². The van der Waals surface area contributed by atoms with Crippen LogP contribution in [0.25, 0.3) is 0 Å². The summed E-state index contributed by atoms with van der Waals surface area (Å²) < 4.78 is 0. The zero-order valence-corrected chi connectivity index (χ0v) is 10.6. The van der Waals surface area contributed by atoms with E-state index in [2.05, 4.69) is 37.8 Å². The molecule has 0 bridgehead atoms. The van der Waals surface area contributed by atoms with Gasteiger partial charge in [-0.05, 0) is 33.3 Å². The Balaban J connectivity index is 2.36. The molecule has 1 rings (SSSR count). The highest BCUT2D eigenvalue weighted by atomic mass is 16.7. The Morgan fingerprint density at radius 2 is 2.31 bits per heavy atom. The van der Waals surface area contributed by atoms with E-state index in [-0.39, 0.29) is 11.6 Å². The molecule has 1 aliphatic rings. The zero-order valence-electron chi connectivity index (χ0n) is 10.6. The van der Waals surface area contributed by atoms with E-state index in [1.165, 1.54) is 0 Å². The van der Waals surface area contributed by atoms with Gasteiger partial charge in [-0.2, -0.15) is 0 Å². The molecule has 0 amide bonds. The Morgan fingerprint density at radius 3 is 2.75 bits per heavy atom. The predicted octanol–water partition coefficient (Wildman–Crippen LogP) is 1.46. The van der Waals surface area contributed by atoms with Crippen LogP contribution in [0.15, 0.2) is 17.3 Å². The van der Waals surface area contributed by atoms with Crippen LogP contribution >= 0.6 is 0 Å². The molecule has 1 aliphatic heterocycles. The lowest BCUT2D eigenvalue weighted by atomic mass is 10.0. The maximum Gasteiger partial charge on any atom is 0.160 e. The van der Waals surface area contributed by atoms with Crippen LogP contribution < -0.4 is 5.32 Å². The number of nitrogens with one attached hydrogen (secondary N) is 1. The van der Waals surface area contributed by atoms with Crippen LogP contribution in [-0.2, 0) is 4.84 Å². The molecule has 0 saturated heterocycles. The van der Waals surface area contributed by atoms with E-state index in [4.69, 9.17) is 4.84 Å².